The molecule has 1 unspecified atom stereocenters. The van der Waals surface area contributed by atoms with Gasteiger partial charge in [-0.15, -0.1) is 23.4 Å². The summed E-state index contributed by atoms with van der Waals surface area (Å²) < 4.78 is 0. The van der Waals surface area contributed by atoms with Crippen LogP contribution in [-0.4, -0.2) is 16.6 Å². The second-order valence-electron chi connectivity index (χ2n) is 3.44. The third kappa shape index (κ3) is 3.85. The molecule has 3 nitrogen and oxygen atoms in total. The number of hydrogen-bond donors (Lipinski definition) is 0. The van der Waals surface area contributed by atoms with Gasteiger partial charge >= 0.3 is 0 Å². The number of benzene rings is 1. The minimum absolute atomic E-state index is 0.0937. The van der Waals surface area contributed by atoms with Crippen molar-refractivity contribution in [3.05, 3.63) is 33.3 Å². The van der Waals surface area contributed by atoms with Crippen LogP contribution in [0.4, 0.5) is 5.69 Å². The second-order valence-corrected chi connectivity index (χ2v) is 5.25. The summed E-state index contributed by atoms with van der Waals surface area (Å²) in [6.45, 7) is 2.00. The van der Waals surface area contributed by atoms with Crippen LogP contribution in [0.2, 0.25) is 5.02 Å². The molecule has 0 saturated heterocycles. The molecule has 88 valence electrons. The number of nitro benzene ring substituents is 1. The molecule has 0 heterocycles. The zero-order valence-electron chi connectivity index (χ0n) is 8.65. The first-order valence-electron chi connectivity index (χ1n) is 4.67. The van der Waals surface area contributed by atoms with E-state index in [1.165, 1.54) is 23.9 Å². The van der Waals surface area contributed by atoms with Crippen molar-refractivity contribution in [2.24, 2.45) is 5.92 Å². The molecule has 0 saturated carbocycles. The Morgan fingerprint density at radius 1 is 1.56 bits per heavy atom. The molecule has 0 aliphatic heterocycles. The van der Waals surface area contributed by atoms with E-state index in [9.17, 15) is 10.1 Å². The van der Waals surface area contributed by atoms with E-state index in [-0.39, 0.29) is 5.69 Å². The van der Waals surface area contributed by atoms with Crippen LogP contribution in [0.15, 0.2) is 23.1 Å². The smallest absolute Gasteiger partial charge is 0.258 e. The van der Waals surface area contributed by atoms with Crippen molar-refractivity contribution in [3.8, 4) is 0 Å². The van der Waals surface area contributed by atoms with Gasteiger partial charge in [0.15, 0.2) is 0 Å². The minimum atomic E-state index is -0.399. The fraction of sp³-hybridized carbons (Fsp3) is 0.400. The summed E-state index contributed by atoms with van der Waals surface area (Å²) in [6, 6.07) is 4.57. The fourth-order valence-corrected chi connectivity index (χ4v) is 2.59. The Labute approximate surface area is 108 Å². The molecule has 0 N–H and O–H groups in total. The van der Waals surface area contributed by atoms with Crippen molar-refractivity contribution in [3.63, 3.8) is 0 Å². The van der Waals surface area contributed by atoms with Gasteiger partial charge in [0.1, 0.15) is 0 Å². The molecular weight excluding hydrogens is 269 g/mol. The van der Waals surface area contributed by atoms with Crippen molar-refractivity contribution in [1.29, 1.82) is 0 Å². The third-order valence-electron chi connectivity index (χ3n) is 1.91. The number of halogens is 2. The maximum Gasteiger partial charge on any atom is 0.282 e. The van der Waals surface area contributed by atoms with E-state index in [4.69, 9.17) is 23.2 Å². The lowest BCUT2D eigenvalue weighted by Gasteiger charge is -2.07. The highest BCUT2D eigenvalue weighted by Crippen LogP contribution is 2.32. The Morgan fingerprint density at radius 3 is 2.81 bits per heavy atom. The molecule has 6 heteroatoms. The van der Waals surface area contributed by atoms with Crippen LogP contribution in [0.1, 0.15) is 6.92 Å². The molecule has 0 bridgehead atoms. The molecule has 0 amide bonds. The molecule has 0 aromatic heterocycles. The number of rotatable bonds is 5. The quantitative estimate of drug-likeness (QED) is 0.351. The molecule has 0 aliphatic carbocycles. The molecule has 1 atom stereocenters. The molecule has 1 aromatic carbocycles. The molecule has 1 aromatic rings. The summed E-state index contributed by atoms with van der Waals surface area (Å²) in [4.78, 5) is 11.0. The molecule has 0 fully saturated rings. The van der Waals surface area contributed by atoms with Gasteiger partial charge < -0.3 is 0 Å². The van der Waals surface area contributed by atoms with Crippen LogP contribution in [0, 0.1) is 16.0 Å². The number of thioether (sulfide) groups is 1. The van der Waals surface area contributed by atoms with Crippen LogP contribution >= 0.6 is 35.0 Å². The highest BCUT2D eigenvalue weighted by Gasteiger charge is 2.15. The monoisotopic (exact) mass is 279 g/mol. The standard InChI is InChI=1S/C10H11Cl2NO2S/c1-7(5-11)6-16-10-4-8(12)2-3-9(10)13(14)15/h2-4,7H,5-6H2,1H3. The van der Waals surface area contributed by atoms with E-state index in [1.807, 2.05) is 6.92 Å². The minimum Gasteiger partial charge on any atom is -0.258 e. The fourth-order valence-electron chi connectivity index (χ4n) is 1.03. The van der Waals surface area contributed by atoms with Crippen molar-refractivity contribution in [2.45, 2.75) is 11.8 Å². The van der Waals surface area contributed by atoms with Gasteiger partial charge in [0.2, 0.25) is 0 Å². The average molecular weight is 280 g/mol. The predicted octanol–water partition coefficient (Wildman–Crippen LogP) is 4.22. The predicted molar refractivity (Wildman–Crippen MR) is 68.7 cm³/mol. The lowest BCUT2D eigenvalue weighted by atomic mass is 10.3. The summed E-state index contributed by atoms with van der Waals surface area (Å²) in [5.74, 6) is 1.59. The Kier molecular flexibility index (Phi) is 5.38. The molecule has 16 heavy (non-hydrogen) atoms. The summed E-state index contributed by atoms with van der Waals surface area (Å²) in [6.07, 6.45) is 0. The van der Waals surface area contributed by atoms with Crippen molar-refractivity contribution < 1.29 is 4.92 Å². The van der Waals surface area contributed by atoms with Crippen molar-refractivity contribution >= 4 is 40.7 Å². The summed E-state index contributed by atoms with van der Waals surface area (Å²) in [5, 5.41) is 11.3. The van der Waals surface area contributed by atoms with Gasteiger partial charge in [-0.25, -0.2) is 0 Å². The molecule has 1 rings (SSSR count). The molecule has 0 aliphatic rings. The second kappa shape index (κ2) is 6.33. The van der Waals surface area contributed by atoms with Crippen LogP contribution in [0.25, 0.3) is 0 Å². The van der Waals surface area contributed by atoms with E-state index in [1.54, 1.807) is 6.07 Å². The van der Waals surface area contributed by atoms with Crippen molar-refractivity contribution in [2.75, 3.05) is 11.6 Å². The van der Waals surface area contributed by atoms with Gasteiger partial charge in [-0.2, -0.15) is 0 Å². The van der Waals surface area contributed by atoms with Gasteiger partial charge in [0, 0.05) is 22.7 Å². The first-order valence-corrected chi connectivity index (χ1v) is 6.57. The Balaban J connectivity index is 2.84. The van der Waals surface area contributed by atoms with Gasteiger partial charge in [0.25, 0.3) is 5.69 Å². The third-order valence-corrected chi connectivity index (χ3v) is 4.04. The SMILES string of the molecule is CC(CCl)CSc1cc(Cl)ccc1[N+](=O)[O-]. The van der Waals surface area contributed by atoms with Crippen LogP contribution in [0.3, 0.4) is 0 Å². The largest absolute Gasteiger partial charge is 0.282 e. The number of nitrogens with zero attached hydrogens (tertiary/aromatic N) is 1. The van der Waals surface area contributed by atoms with Crippen molar-refractivity contribution in [1.82, 2.24) is 0 Å². The van der Waals surface area contributed by atoms with Crippen LogP contribution < -0.4 is 0 Å². The van der Waals surface area contributed by atoms with E-state index < -0.39 is 4.92 Å². The van der Waals surface area contributed by atoms with Gasteiger partial charge in [-0.1, -0.05) is 18.5 Å². The molecular formula is C10H11Cl2NO2S. The van der Waals surface area contributed by atoms with Gasteiger partial charge in [0.05, 0.1) is 9.82 Å². The summed E-state index contributed by atoms with van der Waals surface area (Å²) >= 11 is 12.9. The summed E-state index contributed by atoms with van der Waals surface area (Å²) in [5.41, 5.74) is 0.0937. The topological polar surface area (TPSA) is 43.1 Å². The number of hydrogen-bond acceptors (Lipinski definition) is 3. The molecule has 0 spiro atoms. The summed E-state index contributed by atoms with van der Waals surface area (Å²) in [7, 11) is 0. The Bertz CT molecular complexity index is 387. The normalized spacial score (nSPS) is 12.4. The first-order chi connectivity index (χ1) is 7.54. The van der Waals surface area contributed by atoms with Gasteiger partial charge in [-0.3, -0.25) is 10.1 Å². The van der Waals surface area contributed by atoms with Crippen LogP contribution in [-0.2, 0) is 0 Å². The van der Waals surface area contributed by atoms with E-state index in [0.29, 0.717) is 21.7 Å². The van der Waals surface area contributed by atoms with Crippen LogP contribution in [0.5, 0.6) is 0 Å². The maximum absolute atomic E-state index is 10.8. The Hall–Kier alpha value is -0.450. The van der Waals surface area contributed by atoms with E-state index >= 15 is 0 Å². The number of alkyl halides is 1. The van der Waals surface area contributed by atoms with E-state index in [2.05, 4.69) is 0 Å². The lowest BCUT2D eigenvalue weighted by molar-refractivity contribution is -0.387. The van der Waals surface area contributed by atoms with Gasteiger partial charge in [-0.05, 0) is 18.1 Å². The first kappa shape index (κ1) is 13.6. The zero-order chi connectivity index (χ0) is 12.1. The maximum atomic E-state index is 10.8. The average Bonchev–Trinajstić information content (AvgIpc) is 2.25. The number of nitro groups is 1. The highest BCUT2D eigenvalue weighted by molar-refractivity contribution is 7.99. The zero-order valence-corrected chi connectivity index (χ0v) is 11.0. The van der Waals surface area contributed by atoms with E-state index in [0.717, 1.165) is 5.75 Å². The highest BCUT2D eigenvalue weighted by atomic mass is 35.5. The Morgan fingerprint density at radius 2 is 2.25 bits per heavy atom. The lowest BCUT2D eigenvalue weighted by Crippen LogP contribution is -2.00. The molecule has 0 radical (unpaired) electrons.